The summed E-state index contributed by atoms with van der Waals surface area (Å²) in [6.45, 7) is -0.0225. The minimum Gasteiger partial charge on any atom is -0.337 e. The number of carbonyl (C=O) groups excluding carboxylic acids is 3. The van der Waals surface area contributed by atoms with Crippen LogP contribution >= 0.6 is 27.3 Å². The Labute approximate surface area is 183 Å². The van der Waals surface area contributed by atoms with Crippen molar-refractivity contribution in [1.82, 2.24) is 9.55 Å². The van der Waals surface area contributed by atoms with Crippen LogP contribution in [-0.2, 0) is 16.1 Å². The van der Waals surface area contributed by atoms with Gasteiger partial charge in [-0.1, -0.05) is 34.1 Å². The molecule has 0 saturated heterocycles. The Kier molecular flexibility index (Phi) is 5.73. The molecule has 30 heavy (non-hydrogen) atoms. The first kappa shape index (κ1) is 20.0. The van der Waals surface area contributed by atoms with E-state index < -0.39 is 11.7 Å². The van der Waals surface area contributed by atoms with Gasteiger partial charge in [-0.25, -0.2) is 4.98 Å². The second kappa shape index (κ2) is 8.60. The molecule has 0 aliphatic carbocycles. The van der Waals surface area contributed by atoms with Gasteiger partial charge in [-0.3, -0.25) is 14.4 Å². The van der Waals surface area contributed by atoms with Crippen LogP contribution in [0.4, 0.5) is 10.8 Å². The van der Waals surface area contributed by atoms with Crippen LogP contribution < -0.4 is 10.6 Å². The van der Waals surface area contributed by atoms with Gasteiger partial charge >= 0.3 is 0 Å². The van der Waals surface area contributed by atoms with E-state index in [1.54, 1.807) is 52.5 Å². The average Bonchev–Trinajstić information content (AvgIpc) is 3.36. The molecular formula is C21H15BrN4O3S. The number of nitrogens with one attached hydrogen (secondary N) is 2. The lowest BCUT2D eigenvalue weighted by atomic mass is 10.1. The average molecular weight is 483 g/mol. The highest BCUT2D eigenvalue weighted by Gasteiger charge is 2.23. The van der Waals surface area contributed by atoms with Crippen molar-refractivity contribution < 1.29 is 14.4 Å². The standard InChI is InChI=1S/C21H15BrN4O3S/c22-13-6-7-17-15(10-13)16(19(28)20(29)24-14-4-2-1-3-5-14)11-26(17)12-18(27)25-21-23-8-9-30-21/h1-11H,12H2,(H,24,29)(H,23,25,27). The predicted molar refractivity (Wildman–Crippen MR) is 120 cm³/mol. The molecule has 150 valence electrons. The van der Waals surface area contributed by atoms with E-state index in [9.17, 15) is 14.4 Å². The third-order valence-electron chi connectivity index (χ3n) is 4.32. The van der Waals surface area contributed by atoms with E-state index in [0.717, 1.165) is 4.47 Å². The molecule has 2 aromatic carbocycles. The number of Topliss-reactive ketones (excluding diaryl/α,β-unsaturated/α-hetero) is 1. The molecule has 2 aromatic heterocycles. The van der Waals surface area contributed by atoms with Crippen molar-refractivity contribution in [2.45, 2.75) is 6.54 Å². The molecule has 9 heteroatoms. The fourth-order valence-corrected chi connectivity index (χ4v) is 3.92. The van der Waals surface area contributed by atoms with Gasteiger partial charge in [-0.05, 0) is 30.3 Å². The summed E-state index contributed by atoms with van der Waals surface area (Å²) in [5.41, 5.74) is 1.42. The Bertz CT molecular complexity index is 1240. The summed E-state index contributed by atoms with van der Waals surface area (Å²) in [5.74, 6) is -1.70. The summed E-state index contributed by atoms with van der Waals surface area (Å²) < 4.78 is 2.41. The molecule has 0 fully saturated rings. The molecule has 2 heterocycles. The lowest BCUT2D eigenvalue weighted by molar-refractivity contribution is -0.116. The number of benzene rings is 2. The molecule has 2 amide bonds. The van der Waals surface area contributed by atoms with E-state index in [-0.39, 0.29) is 18.0 Å². The molecule has 0 saturated carbocycles. The summed E-state index contributed by atoms with van der Waals surface area (Å²) in [6.07, 6.45) is 3.14. The maximum atomic E-state index is 12.9. The zero-order valence-electron chi connectivity index (χ0n) is 15.5. The van der Waals surface area contributed by atoms with E-state index in [0.29, 0.717) is 21.7 Å². The lowest BCUT2D eigenvalue weighted by Gasteiger charge is -2.05. The van der Waals surface area contributed by atoms with Gasteiger partial charge in [-0.2, -0.15) is 0 Å². The number of ketones is 1. The second-order valence-corrected chi connectivity index (χ2v) is 8.18. The topological polar surface area (TPSA) is 93.1 Å². The zero-order valence-corrected chi connectivity index (χ0v) is 17.9. The van der Waals surface area contributed by atoms with E-state index in [2.05, 4.69) is 31.5 Å². The first-order valence-electron chi connectivity index (χ1n) is 8.90. The highest BCUT2D eigenvalue weighted by atomic mass is 79.9. The number of anilines is 2. The fraction of sp³-hybridized carbons (Fsp3) is 0.0476. The Morgan fingerprint density at radius 3 is 2.60 bits per heavy atom. The molecule has 2 N–H and O–H groups in total. The Morgan fingerprint density at radius 1 is 1.07 bits per heavy atom. The Hall–Kier alpha value is -3.30. The third-order valence-corrected chi connectivity index (χ3v) is 5.50. The van der Waals surface area contributed by atoms with Crippen molar-refractivity contribution in [2.24, 2.45) is 0 Å². The second-order valence-electron chi connectivity index (χ2n) is 6.37. The molecule has 0 spiro atoms. The predicted octanol–water partition coefficient (Wildman–Crippen LogP) is 4.32. The van der Waals surface area contributed by atoms with E-state index >= 15 is 0 Å². The minimum atomic E-state index is -0.743. The number of rotatable bonds is 6. The largest absolute Gasteiger partial charge is 0.337 e. The summed E-state index contributed by atoms with van der Waals surface area (Å²) in [7, 11) is 0. The van der Waals surface area contributed by atoms with Gasteiger partial charge in [0.2, 0.25) is 5.91 Å². The number of amides is 2. The highest BCUT2D eigenvalue weighted by Crippen LogP contribution is 2.26. The van der Waals surface area contributed by atoms with Crippen molar-refractivity contribution in [1.29, 1.82) is 0 Å². The normalized spacial score (nSPS) is 10.7. The van der Waals surface area contributed by atoms with E-state index in [1.807, 2.05) is 12.1 Å². The minimum absolute atomic E-state index is 0.0225. The molecule has 4 rings (SSSR count). The number of nitrogens with zero attached hydrogens (tertiary/aromatic N) is 2. The Balaban J connectivity index is 1.62. The number of carbonyl (C=O) groups is 3. The maximum absolute atomic E-state index is 12.9. The van der Waals surface area contributed by atoms with Crippen molar-refractivity contribution in [3.05, 3.63) is 76.3 Å². The van der Waals surface area contributed by atoms with Gasteiger partial charge in [0.05, 0.1) is 5.56 Å². The van der Waals surface area contributed by atoms with Crippen molar-refractivity contribution in [3.63, 3.8) is 0 Å². The number of thiazole rings is 1. The van der Waals surface area contributed by atoms with Gasteiger partial charge in [-0.15, -0.1) is 11.3 Å². The van der Waals surface area contributed by atoms with Gasteiger partial charge in [0, 0.05) is 38.8 Å². The van der Waals surface area contributed by atoms with Crippen LogP contribution in [0, 0.1) is 0 Å². The molecule has 0 aliphatic heterocycles. The number of hydrogen-bond donors (Lipinski definition) is 2. The smallest absolute Gasteiger partial charge is 0.296 e. The third kappa shape index (κ3) is 4.32. The van der Waals surface area contributed by atoms with Gasteiger partial charge < -0.3 is 15.2 Å². The van der Waals surface area contributed by atoms with Crippen LogP contribution in [0.1, 0.15) is 10.4 Å². The summed E-state index contributed by atoms with van der Waals surface area (Å²) >= 11 is 4.72. The quantitative estimate of drug-likeness (QED) is 0.316. The van der Waals surface area contributed by atoms with Crippen LogP contribution in [0.5, 0.6) is 0 Å². The van der Waals surface area contributed by atoms with Gasteiger partial charge in [0.25, 0.3) is 11.7 Å². The molecule has 0 radical (unpaired) electrons. The first-order chi connectivity index (χ1) is 14.5. The number of aromatic nitrogens is 2. The number of para-hydroxylation sites is 1. The zero-order chi connectivity index (χ0) is 21.1. The monoisotopic (exact) mass is 482 g/mol. The van der Waals surface area contributed by atoms with Crippen LogP contribution in [0.3, 0.4) is 0 Å². The van der Waals surface area contributed by atoms with Crippen LogP contribution in [0.2, 0.25) is 0 Å². The molecule has 4 aromatic rings. The molecule has 7 nitrogen and oxygen atoms in total. The van der Waals surface area contributed by atoms with Crippen molar-refractivity contribution in [2.75, 3.05) is 10.6 Å². The number of fused-ring (bicyclic) bond motifs is 1. The van der Waals surface area contributed by atoms with Crippen molar-refractivity contribution >= 4 is 66.6 Å². The summed E-state index contributed by atoms with van der Waals surface area (Å²) in [6, 6.07) is 14.1. The molecule has 0 aliphatic rings. The van der Waals surface area contributed by atoms with Gasteiger partial charge in [0.1, 0.15) is 6.54 Å². The number of halogens is 1. The highest BCUT2D eigenvalue weighted by molar-refractivity contribution is 9.10. The first-order valence-corrected chi connectivity index (χ1v) is 10.6. The fourth-order valence-electron chi connectivity index (χ4n) is 3.01. The van der Waals surface area contributed by atoms with Crippen LogP contribution in [0.25, 0.3) is 10.9 Å². The molecule has 0 unspecified atom stereocenters. The van der Waals surface area contributed by atoms with E-state index in [4.69, 9.17) is 0 Å². The summed E-state index contributed by atoms with van der Waals surface area (Å²) in [5, 5.41) is 8.16. The number of hydrogen-bond acceptors (Lipinski definition) is 5. The van der Waals surface area contributed by atoms with Crippen molar-refractivity contribution in [3.8, 4) is 0 Å². The van der Waals surface area contributed by atoms with Crippen LogP contribution in [0.15, 0.2) is 70.8 Å². The van der Waals surface area contributed by atoms with E-state index in [1.165, 1.54) is 17.5 Å². The SMILES string of the molecule is O=C(Cn1cc(C(=O)C(=O)Nc2ccccc2)c2cc(Br)ccc21)Nc1nccs1. The molecule has 0 atom stereocenters. The summed E-state index contributed by atoms with van der Waals surface area (Å²) in [4.78, 5) is 41.8. The van der Waals surface area contributed by atoms with Crippen LogP contribution in [-0.4, -0.2) is 27.1 Å². The maximum Gasteiger partial charge on any atom is 0.296 e. The van der Waals surface area contributed by atoms with Gasteiger partial charge in [0.15, 0.2) is 5.13 Å². The molecular weight excluding hydrogens is 468 g/mol. The molecule has 0 bridgehead atoms. The lowest BCUT2D eigenvalue weighted by Crippen LogP contribution is -2.23. The Morgan fingerprint density at radius 2 is 1.87 bits per heavy atom.